The predicted octanol–water partition coefficient (Wildman–Crippen LogP) is 1.58. The summed E-state index contributed by atoms with van der Waals surface area (Å²) in [4.78, 5) is 19.4. The minimum Gasteiger partial charge on any atom is -0.364 e. The largest absolute Gasteiger partial charge is 0.364 e. The van der Waals surface area contributed by atoms with Crippen LogP contribution in [0.4, 0.5) is 0 Å². The highest BCUT2D eigenvalue weighted by Gasteiger charge is 2.10. The van der Waals surface area contributed by atoms with Crippen LogP contribution in [0.15, 0.2) is 36.0 Å². The third-order valence-corrected chi connectivity index (χ3v) is 3.25. The van der Waals surface area contributed by atoms with Crippen LogP contribution in [0.5, 0.6) is 0 Å². The zero-order valence-electron chi connectivity index (χ0n) is 8.70. The Morgan fingerprint density at radius 2 is 2.18 bits per heavy atom. The fourth-order valence-corrected chi connectivity index (χ4v) is 2.28. The summed E-state index contributed by atoms with van der Waals surface area (Å²) in [7, 11) is 0. The maximum atomic E-state index is 11.0. The summed E-state index contributed by atoms with van der Waals surface area (Å²) < 4.78 is 1.83. The Morgan fingerprint density at radius 3 is 2.94 bits per heavy atom. The van der Waals surface area contributed by atoms with Crippen molar-refractivity contribution in [3.63, 3.8) is 0 Å². The van der Waals surface area contributed by atoms with E-state index in [2.05, 4.69) is 9.97 Å². The summed E-state index contributed by atoms with van der Waals surface area (Å²) in [5.41, 5.74) is 7.02. The van der Waals surface area contributed by atoms with Gasteiger partial charge in [0, 0.05) is 5.38 Å². The van der Waals surface area contributed by atoms with Crippen LogP contribution >= 0.6 is 11.3 Å². The number of aromatic nitrogens is 3. The van der Waals surface area contributed by atoms with Gasteiger partial charge < -0.3 is 5.73 Å². The predicted molar refractivity (Wildman–Crippen MR) is 65.3 cm³/mol. The summed E-state index contributed by atoms with van der Waals surface area (Å²) in [6.07, 6.45) is 1.69. The minimum atomic E-state index is -0.509. The molecule has 2 N–H and O–H groups in total. The number of hydrogen-bond donors (Lipinski definition) is 1. The molecule has 0 radical (unpaired) electrons. The van der Waals surface area contributed by atoms with Crippen molar-refractivity contribution in [1.29, 1.82) is 0 Å². The van der Waals surface area contributed by atoms with Gasteiger partial charge in [-0.05, 0) is 12.1 Å². The van der Waals surface area contributed by atoms with E-state index in [1.165, 1.54) is 11.3 Å². The normalized spacial score (nSPS) is 10.8. The van der Waals surface area contributed by atoms with Crippen molar-refractivity contribution in [3.8, 4) is 5.82 Å². The van der Waals surface area contributed by atoms with Crippen molar-refractivity contribution in [2.75, 3.05) is 0 Å². The first-order valence-electron chi connectivity index (χ1n) is 4.93. The Morgan fingerprint density at radius 1 is 1.35 bits per heavy atom. The average Bonchev–Trinajstić information content (AvgIpc) is 2.95. The third kappa shape index (κ3) is 1.58. The minimum absolute atomic E-state index is 0.304. The summed E-state index contributed by atoms with van der Waals surface area (Å²) in [6.45, 7) is 0. The van der Waals surface area contributed by atoms with Crippen molar-refractivity contribution < 1.29 is 4.79 Å². The van der Waals surface area contributed by atoms with Crippen molar-refractivity contribution in [3.05, 3.63) is 41.0 Å². The van der Waals surface area contributed by atoms with E-state index in [1.54, 1.807) is 11.7 Å². The molecule has 0 atom stereocenters. The molecule has 5 nitrogen and oxygen atoms in total. The molecule has 0 saturated heterocycles. The number of imidazole rings is 1. The molecule has 2 aromatic heterocycles. The topological polar surface area (TPSA) is 73.8 Å². The molecule has 17 heavy (non-hydrogen) atoms. The molecule has 0 aliphatic heterocycles. The van der Waals surface area contributed by atoms with Gasteiger partial charge in [0.05, 0.1) is 11.0 Å². The number of rotatable bonds is 2. The Labute approximate surface area is 101 Å². The molecule has 0 aliphatic carbocycles. The van der Waals surface area contributed by atoms with Gasteiger partial charge in [-0.1, -0.05) is 12.1 Å². The Balaban J connectivity index is 2.17. The van der Waals surface area contributed by atoms with E-state index in [0.29, 0.717) is 10.8 Å². The van der Waals surface area contributed by atoms with Gasteiger partial charge in [0.1, 0.15) is 12.1 Å². The van der Waals surface area contributed by atoms with E-state index in [9.17, 15) is 4.79 Å². The van der Waals surface area contributed by atoms with E-state index in [1.807, 2.05) is 28.8 Å². The lowest BCUT2D eigenvalue weighted by Crippen LogP contribution is -2.10. The first-order chi connectivity index (χ1) is 8.25. The number of thiazole rings is 1. The standard InChI is InChI=1S/C11H8N4OS/c12-10(16)11-14-9(5-17-11)15-6-13-7-3-1-2-4-8(7)15/h1-6H,(H2,12,16). The van der Waals surface area contributed by atoms with Crippen molar-refractivity contribution in [2.45, 2.75) is 0 Å². The second-order valence-electron chi connectivity index (χ2n) is 3.48. The molecule has 6 heteroatoms. The molecule has 0 spiro atoms. The molecule has 0 saturated carbocycles. The summed E-state index contributed by atoms with van der Waals surface area (Å²) in [5.74, 6) is 0.156. The second kappa shape index (κ2) is 3.67. The van der Waals surface area contributed by atoms with Gasteiger partial charge in [-0.3, -0.25) is 9.36 Å². The smallest absolute Gasteiger partial charge is 0.277 e. The van der Waals surface area contributed by atoms with E-state index >= 15 is 0 Å². The third-order valence-electron chi connectivity index (χ3n) is 2.40. The lowest BCUT2D eigenvalue weighted by atomic mass is 10.3. The molecule has 0 aliphatic rings. The molecule has 0 fully saturated rings. The molecule has 1 aromatic carbocycles. The molecule has 0 unspecified atom stereocenters. The summed E-state index contributed by atoms with van der Waals surface area (Å²) in [6, 6.07) is 7.73. The molecule has 1 amide bonds. The van der Waals surface area contributed by atoms with E-state index < -0.39 is 5.91 Å². The number of nitrogens with zero attached hydrogens (tertiary/aromatic N) is 3. The molecule has 0 bridgehead atoms. The molecule has 3 aromatic rings. The van der Waals surface area contributed by atoms with Gasteiger partial charge in [-0.25, -0.2) is 9.97 Å². The van der Waals surface area contributed by atoms with Gasteiger partial charge in [0.15, 0.2) is 5.01 Å². The Kier molecular flexibility index (Phi) is 2.15. The van der Waals surface area contributed by atoms with Crippen LogP contribution in [0.2, 0.25) is 0 Å². The molecule has 2 heterocycles. The van der Waals surface area contributed by atoms with Gasteiger partial charge in [0.25, 0.3) is 5.91 Å². The van der Waals surface area contributed by atoms with Gasteiger partial charge in [0.2, 0.25) is 0 Å². The number of amides is 1. The van der Waals surface area contributed by atoms with E-state index in [4.69, 9.17) is 5.73 Å². The quantitative estimate of drug-likeness (QED) is 0.743. The SMILES string of the molecule is NC(=O)c1nc(-n2cnc3ccccc32)cs1. The Hall–Kier alpha value is -2.21. The van der Waals surface area contributed by atoms with Crippen LogP contribution in [-0.4, -0.2) is 20.4 Å². The van der Waals surface area contributed by atoms with Crippen LogP contribution in [0.3, 0.4) is 0 Å². The molecule has 84 valence electrons. The van der Waals surface area contributed by atoms with Crippen LogP contribution in [0.1, 0.15) is 9.80 Å². The van der Waals surface area contributed by atoms with Crippen LogP contribution in [-0.2, 0) is 0 Å². The summed E-state index contributed by atoms with van der Waals surface area (Å²) >= 11 is 1.23. The number of fused-ring (bicyclic) bond motifs is 1. The molecular formula is C11H8N4OS. The number of nitrogens with two attached hydrogens (primary N) is 1. The van der Waals surface area contributed by atoms with Crippen molar-refractivity contribution in [2.24, 2.45) is 5.73 Å². The Bertz CT molecular complexity index is 700. The monoisotopic (exact) mass is 244 g/mol. The zero-order valence-corrected chi connectivity index (χ0v) is 9.52. The number of primary amides is 1. The number of hydrogen-bond acceptors (Lipinski definition) is 4. The van der Waals surface area contributed by atoms with Crippen LogP contribution in [0.25, 0.3) is 16.9 Å². The number of carbonyl (C=O) groups excluding carboxylic acids is 1. The van der Waals surface area contributed by atoms with Crippen molar-refractivity contribution in [1.82, 2.24) is 14.5 Å². The lowest BCUT2D eigenvalue weighted by molar-refractivity contribution is 0.1000. The van der Waals surface area contributed by atoms with Gasteiger partial charge >= 0.3 is 0 Å². The van der Waals surface area contributed by atoms with Crippen molar-refractivity contribution >= 4 is 28.3 Å². The highest BCUT2D eigenvalue weighted by atomic mass is 32.1. The van der Waals surface area contributed by atoms with Crippen LogP contribution in [0, 0.1) is 0 Å². The van der Waals surface area contributed by atoms with E-state index in [-0.39, 0.29) is 0 Å². The molecule has 3 rings (SSSR count). The lowest BCUT2D eigenvalue weighted by Gasteiger charge is -1.97. The summed E-state index contributed by atoms with van der Waals surface area (Å²) in [5, 5.41) is 2.09. The van der Waals surface area contributed by atoms with Gasteiger partial charge in [-0.15, -0.1) is 11.3 Å². The second-order valence-corrected chi connectivity index (χ2v) is 4.34. The molecular weight excluding hydrogens is 236 g/mol. The van der Waals surface area contributed by atoms with Crippen LogP contribution < -0.4 is 5.73 Å². The maximum absolute atomic E-state index is 11.0. The average molecular weight is 244 g/mol. The number of benzene rings is 1. The maximum Gasteiger partial charge on any atom is 0.277 e. The van der Waals surface area contributed by atoms with E-state index in [0.717, 1.165) is 11.0 Å². The highest BCUT2D eigenvalue weighted by Crippen LogP contribution is 2.19. The highest BCUT2D eigenvalue weighted by molar-refractivity contribution is 7.11. The zero-order chi connectivity index (χ0) is 11.8. The number of carbonyl (C=O) groups is 1. The fraction of sp³-hybridized carbons (Fsp3) is 0. The fourth-order valence-electron chi connectivity index (χ4n) is 1.63. The van der Waals surface area contributed by atoms with Gasteiger partial charge in [-0.2, -0.15) is 0 Å². The first kappa shape index (κ1) is 9.98. The first-order valence-corrected chi connectivity index (χ1v) is 5.81. The number of para-hydroxylation sites is 2.